The number of hydrogen-bond donors (Lipinski definition) is 0. The first-order valence-electron chi connectivity index (χ1n) is 11.0. The van der Waals surface area contributed by atoms with Crippen LogP contribution in [0.3, 0.4) is 0 Å². The summed E-state index contributed by atoms with van der Waals surface area (Å²) < 4.78 is 16.4. The minimum atomic E-state index is -0.923. The fourth-order valence-corrected chi connectivity index (χ4v) is 2.83. The first-order chi connectivity index (χ1) is 15.4. The molecule has 0 saturated carbocycles. The Morgan fingerprint density at radius 2 is 1.21 bits per heavy atom. The lowest BCUT2D eigenvalue weighted by Gasteiger charge is -2.29. The molecule has 0 aliphatic carbocycles. The van der Waals surface area contributed by atoms with E-state index in [1.165, 1.54) is 11.1 Å². The number of imide groups is 1. The van der Waals surface area contributed by atoms with Crippen molar-refractivity contribution in [2.24, 2.45) is 0 Å². The lowest BCUT2D eigenvalue weighted by atomic mass is 10.1. The Labute approximate surface area is 201 Å². The highest BCUT2D eigenvalue weighted by molar-refractivity contribution is 6.14. The molecule has 0 fully saturated rings. The molecule has 0 saturated heterocycles. The molecule has 0 atom stereocenters. The molecule has 1 aromatic carbocycles. The summed E-state index contributed by atoms with van der Waals surface area (Å²) in [6.45, 7) is 15.5. The Kier molecular flexibility index (Phi) is 7.50. The molecule has 0 radical (unpaired) electrons. The Morgan fingerprint density at radius 3 is 1.68 bits per heavy atom. The number of ether oxygens (including phenoxy) is 3. The molecule has 3 amide bonds. The van der Waals surface area contributed by atoms with Crippen molar-refractivity contribution in [1.29, 1.82) is 0 Å². The number of nitrogens with zero attached hydrogens (tertiary/aromatic N) is 3. The van der Waals surface area contributed by atoms with Crippen LogP contribution in [0.2, 0.25) is 0 Å². The second-order valence-electron chi connectivity index (χ2n) is 10.9. The summed E-state index contributed by atoms with van der Waals surface area (Å²) in [4.78, 5) is 45.2. The Bertz CT molecular complexity index is 1050. The number of aromatic nitrogens is 1. The van der Waals surface area contributed by atoms with Crippen molar-refractivity contribution in [3.63, 3.8) is 0 Å². The molecule has 34 heavy (non-hydrogen) atoms. The zero-order valence-electron chi connectivity index (χ0n) is 21.7. The number of pyridine rings is 1. The number of carbonyl (C=O) groups is 3. The predicted octanol–water partition coefficient (Wildman–Crippen LogP) is 6.28. The van der Waals surface area contributed by atoms with E-state index in [4.69, 9.17) is 14.2 Å². The minimum absolute atomic E-state index is 0.0282. The molecular weight excluding hydrogens is 438 g/mol. The number of rotatable bonds is 2. The smallest absolute Gasteiger partial charge is 0.425 e. The van der Waals surface area contributed by atoms with Crippen molar-refractivity contribution in [3.8, 4) is 0 Å². The average molecular weight is 474 g/mol. The quantitative estimate of drug-likeness (QED) is 0.473. The Hall–Kier alpha value is -3.36. The highest BCUT2D eigenvalue weighted by Crippen LogP contribution is 2.31. The summed E-state index contributed by atoms with van der Waals surface area (Å²) in [5.41, 5.74) is -1.89. The molecule has 186 valence electrons. The standard InChI is InChI=1S/C25H35N3O6/c1-23(2,3)32-20(29)27(10)17-12-11-16-13-14-26-19(18(16)15-17)28(21(30)33-24(4,5)6)22(31)34-25(7,8)9/h11-15H,1-10H3. The molecule has 0 aliphatic heterocycles. The molecule has 0 unspecified atom stereocenters. The van der Waals surface area contributed by atoms with E-state index >= 15 is 0 Å². The van der Waals surface area contributed by atoms with E-state index in [9.17, 15) is 14.4 Å². The van der Waals surface area contributed by atoms with Gasteiger partial charge in [0.15, 0.2) is 5.82 Å². The van der Waals surface area contributed by atoms with Crippen molar-refractivity contribution < 1.29 is 28.6 Å². The van der Waals surface area contributed by atoms with Gasteiger partial charge in [-0.3, -0.25) is 4.90 Å². The molecule has 2 aromatic rings. The first-order valence-corrected chi connectivity index (χ1v) is 11.0. The fraction of sp³-hybridized carbons (Fsp3) is 0.520. The van der Waals surface area contributed by atoms with E-state index in [2.05, 4.69) is 4.98 Å². The molecular formula is C25H35N3O6. The SMILES string of the molecule is CN(C(=O)OC(C)(C)C)c1ccc2ccnc(N(C(=O)OC(C)(C)C)C(=O)OC(C)(C)C)c2c1. The van der Waals surface area contributed by atoms with Crippen LogP contribution in [0, 0.1) is 0 Å². The van der Waals surface area contributed by atoms with Crippen molar-refractivity contribution in [1.82, 2.24) is 4.98 Å². The van der Waals surface area contributed by atoms with Gasteiger partial charge in [-0.1, -0.05) is 6.07 Å². The minimum Gasteiger partial charge on any atom is -0.443 e. The van der Waals surface area contributed by atoms with Crippen molar-refractivity contribution >= 4 is 40.6 Å². The van der Waals surface area contributed by atoms with Crippen LogP contribution >= 0.6 is 0 Å². The topological polar surface area (TPSA) is 98.3 Å². The summed E-state index contributed by atoms with van der Waals surface area (Å²) in [5, 5.41) is 1.15. The van der Waals surface area contributed by atoms with Gasteiger partial charge in [-0.25, -0.2) is 19.4 Å². The summed E-state index contributed by atoms with van der Waals surface area (Å²) in [5.74, 6) is 0.0282. The molecule has 0 N–H and O–H groups in total. The van der Waals surface area contributed by atoms with Crippen LogP contribution in [-0.4, -0.2) is 47.1 Å². The number of benzene rings is 1. The van der Waals surface area contributed by atoms with Gasteiger partial charge in [0.05, 0.1) is 0 Å². The second-order valence-corrected chi connectivity index (χ2v) is 10.9. The monoisotopic (exact) mass is 473 g/mol. The van der Waals surface area contributed by atoms with Crippen LogP contribution in [0.15, 0.2) is 30.5 Å². The molecule has 0 spiro atoms. The number of fused-ring (bicyclic) bond motifs is 1. The molecule has 1 heterocycles. The van der Waals surface area contributed by atoms with Gasteiger partial charge in [-0.2, -0.15) is 4.90 Å². The van der Waals surface area contributed by atoms with Crippen molar-refractivity contribution in [2.75, 3.05) is 16.8 Å². The number of carbonyl (C=O) groups excluding carboxylic acids is 3. The lowest BCUT2D eigenvalue weighted by molar-refractivity contribution is 0.0428. The normalized spacial score (nSPS) is 12.2. The zero-order valence-corrected chi connectivity index (χ0v) is 21.7. The molecule has 0 aliphatic rings. The molecule has 0 bridgehead atoms. The van der Waals surface area contributed by atoms with Crippen LogP contribution in [-0.2, 0) is 14.2 Å². The van der Waals surface area contributed by atoms with E-state index in [0.717, 1.165) is 4.90 Å². The maximum absolute atomic E-state index is 13.1. The van der Waals surface area contributed by atoms with Crippen molar-refractivity contribution in [2.45, 2.75) is 79.1 Å². The van der Waals surface area contributed by atoms with Gasteiger partial charge < -0.3 is 14.2 Å². The van der Waals surface area contributed by atoms with E-state index in [-0.39, 0.29) is 5.82 Å². The number of amides is 3. The van der Waals surface area contributed by atoms with Gasteiger partial charge in [0.2, 0.25) is 0 Å². The molecule has 1 aromatic heterocycles. The number of hydrogen-bond acceptors (Lipinski definition) is 7. The van der Waals surface area contributed by atoms with Crippen LogP contribution in [0.25, 0.3) is 10.8 Å². The first kappa shape index (κ1) is 26.9. The van der Waals surface area contributed by atoms with E-state index in [0.29, 0.717) is 16.5 Å². The van der Waals surface area contributed by atoms with Crippen molar-refractivity contribution in [3.05, 3.63) is 30.5 Å². The Morgan fingerprint density at radius 1 is 0.735 bits per heavy atom. The van der Waals surface area contributed by atoms with Crippen LogP contribution in [0.4, 0.5) is 25.9 Å². The van der Waals surface area contributed by atoms with E-state index in [1.54, 1.807) is 93.6 Å². The Balaban J connectivity index is 2.61. The summed E-state index contributed by atoms with van der Waals surface area (Å²) in [7, 11) is 1.57. The van der Waals surface area contributed by atoms with Gasteiger partial charge >= 0.3 is 18.3 Å². The van der Waals surface area contributed by atoms with Gasteiger partial charge in [0.1, 0.15) is 16.8 Å². The van der Waals surface area contributed by atoms with Gasteiger partial charge in [0, 0.05) is 24.3 Å². The van der Waals surface area contributed by atoms with Crippen LogP contribution in [0.1, 0.15) is 62.3 Å². The number of anilines is 2. The second kappa shape index (κ2) is 9.48. The molecule has 9 nitrogen and oxygen atoms in total. The third-order valence-corrected chi connectivity index (χ3v) is 4.15. The highest BCUT2D eigenvalue weighted by Gasteiger charge is 2.34. The zero-order chi connectivity index (χ0) is 26.1. The maximum Gasteiger partial charge on any atom is 0.425 e. The largest absolute Gasteiger partial charge is 0.443 e. The fourth-order valence-electron chi connectivity index (χ4n) is 2.83. The summed E-state index contributed by atoms with van der Waals surface area (Å²) in [6, 6.07) is 6.89. The van der Waals surface area contributed by atoms with E-state index < -0.39 is 35.1 Å². The summed E-state index contributed by atoms with van der Waals surface area (Å²) >= 11 is 0. The van der Waals surface area contributed by atoms with Crippen LogP contribution in [0.5, 0.6) is 0 Å². The summed E-state index contributed by atoms with van der Waals surface area (Å²) in [6.07, 6.45) is -0.912. The van der Waals surface area contributed by atoms with E-state index in [1.807, 2.05) is 0 Å². The molecule has 9 heteroatoms. The lowest BCUT2D eigenvalue weighted by Crippen LogP contribution is -2.44. The predicted molar refractivity (Wildman–Crippen MR) is 131 cm³/mol. The van der Waals surface area contributed by atoms with Crippen LogP contribution < -0.4 is 9.80 Å². The van der Waals surface area contributed by atoms with Gasteiger partial charge in [-0.05, 0) is 85.9 Å². The van der Waals surface area contributed by atoms with Gasteiger partial charge in [-0.15, -0.1) is 0 Å². The third-order valence-electron chi connectivity index (χ3n) is 4.15. The third kappa shape index (κ3) is 7.33. The maximum atomic E-state index is 13.1. The highest BCUT2D eigenvalue weighted by atomic mass is 16.6. The molecule has 2 rings (SSSR count). The van der Waals surface area contributed by atoms with Gasteiger partial charge in [0.25, 0.3) is 0 Å². The average Bonchev–Trinajstić information content (AvgIpc) is 2.63.